The first-order chi connectivity index (χ1) is 13.7. The number of fused-ring (bicyclic) bond motifs is 1. The van der Waals surface area contributed by atoms with Crippen LogP contribution in [0.1, 0.15) is 35.8 Å². The summed E-state index contributed by atoms with van der Waals surface area (Å²) in [6, 6.07) is 15.4. The predicted octanol–water partition coefficient (Wildman–Crippen LogP) is 2.95. The molecule has 1 fully saturated rings. The van der Waals surface area contributed by atoms with Gasteiger partial charge in [0, 0.05) is 37.3 Å². The van der Waals surface area contributed by atoms with Gasteiger partial charge in [-0.15, -0.1) is 0 Å². The Balaban J connectivity index is 1.52. The molecule has 3 aromatic rings. The zero-order valence-electron chi connectivity index (χ0n) is 16.0. The van der Waals surface area contributed by atoms with Gasteiger partial charge in [0.1, 0.15) is 0 Å². The van der Waals surface area contributed by atoms with Crippen molar-refractivity contribution in [1.29, 1.82) is 0 Å². The van der Waals surface area contributed by atoms with Crippen LogP contribution in [0.15, 0.2) is 53.3 Å². The molecule has 0 spiro atoms. The van der Waals surface area contributed by atoms with Crippen molar-refractivity contribution in [2.24, 2.45) is 0 Å². The SMILES string of the molecule is CCn1nc(C(=O)NCc2ccc(N3CCCC3)cc2)c2ccccc2c1=O. The van der Waals surface area contributed by atoms with Crippen LogP contribution in [0.25, 0.3) is 10.8 Å². The fraction of sp³-hybridized carbons (Fsp3) is 0.318. The molecule has 0 saturated carbocycles. The lowest BCUT2D eigenvalue weighted by Gasteiger charge is -2.17. The van der Waals surface area contributed by atoms with Gasteiger partial charge >= 0.3 is 0 Å². The minimum absolute atomic E-state index is 0.174. The molecule has 2 aromatic carbocycles. The summed E-state index contributed by atoms with van der Waals surface area (Å²) >= 11 is 0. The predicted molar refractivity (Wildman–Crippen MR) is 111 cm³/mol. The van der Waals surface area contributed by atoms with E-state index in [1.807, 2.05) is 25.1 Å². The van der Waals surface area contributed by atoms with Gasteiger partial charge in [0.05, 0.1) is 5.39 Å². The van der Waals surface area contributed by atoms with Crippen LogP contribution in [0.3, 0.4) is 0 Å². The number of nitrogens with zero attached hydrogens (tertiary/aromatic N) is 3. The Hall–Kier alpha value is -3.15. The molecule has 0 aliphatic carbocycles. The van der Waals surface area contributed by atoms with E-state index in [4.69, 9.17) is 0 Å². The molecule has 0 unspecified atom stereocenters. The van der Waals surface area contributed by atoms with Crippen molar-refractivity contribution >= 4 is 22.4 Å². The number of nitrogens with one attached hydrogen (secondary N) is 1. The summed E-state index contributed by atoms with van der Waals surface area (Å²) < 4.78 is 1.34. The normalized spacial score (nSPS) is 13.8. The van der Waals surface area contributed by atoms with Crippen LogP contribution < -0.4 is 15.8 Å². The van der Waals surface area contributed by atoms with E-state index < -0.39 is 0 Å². The summed E-state index contributed by atoms with van der Waals surface area (Å²) in [4.78, 5) is 27.6. The lowest BCUT2D eigenvalue weighted by Crippen LogP contribution is -2.30. The Morgan fingerprint density at radius 2 is 1.71 bits per heavy atom. The number of rotatable bonds is 5. The van der Waals surface area contributed by atoms with Crippen LogP contribution in [0.2, 0.25) is 0 Å². The Bertz CT molecular complexity index is 1050. The van der Waals surface area contributed by atoms with Gasteiger partial charge in [-0.05, 0) is 43.5 Å². The second-order valence-electron chi connectivity index (χ2n) is 7.06. The highest BCUT2D eigenvalue weighted by molar-refractivity contribution is 6.04. The maximum atomic E-state index is 12.8. The smallest absolute Gasteiger partial charge is 0.274 e. The number of anilines is 1. The van der Waals surface area contributed by atoms with E-state index in [1.165, 1.54) is 23.2 Å². The summed E-state index contributed by atoms with van der Waals surface area (Å²) in [6.45, 7) is 4.90. The van der Waals surface area contributed by atoms with E-state index in [0.717, 1.165) is 18.7 Å². The van der Waals surface area contributed by atoms with Gasteiger partial charge in [0.15, 0.2) is 5.69 Å². The van der Waals surface area contributed by atoms with Gasteiger partial charge in [0.2, 0.25) is 0 Å². The molecule has 0 atom stereocenters. The molecule has 1 saturated heterocycles. The highest BCUT2D eigenvalue weighted by Gasteiger charge is 2.16. The molecular formula is C22H24N4O2. The molecule has 4 rings (SSSR count). The van der Waals surface area contributed by atoms with Gasteiger partial charge in [-0.2, -0.15) is 5.10 Å². The maximum Gasteiger partial charge on any atom is 0.274 e. The van der Waals surface area contributed by atoms with E-state index in [0.29, 0.717) is 23.9 Å². The topological polar surface area (TPSA) is 67.2 Å². The number of carbonyl (C=O) groups excluding carboxylic acids is 1. The first-order valence-electron chi connectivity index (χ1n) is 9.79. The first-order valence-corrected chi connectivity index (χ1v) is 9.79. The number of benzene rings is 2. The van der Waals surface area contributed by atoms with Crippen LogP contribution in [-0.4, -0.2) is 28.8 Å². The molecule has 1 aromatic heterocycles. The van der Waals surface area contributed by atoms with Crippen LogP contribution in [0.4, 0.5) is 5.69 Å². The zero-order valence-corrected chi connectivity index (χ0v) is 16.0. The first kappa shape index (κ1) is 18.2. The standard InChI is InChI=1S/C22H24N4O2/c1-2-26-22(28)19-8-4-3-7-18(19)20(24-26)21(27)23-15-16-9-11-17(12-10-16)25-13-5-6-14-25/h3-4,7-12H,2,5-6,13-15H2,1H3,(H,23,27). The van der Waals surface area contributed by atoms with Gasteiger partial charge < -0.3 is 10.2 Å². The van der Waals surface area contributed by atoms with Crippen LogP contribution in [0.5, 0.6) is 0 Å². The Labute approximate surface area is 163 Å². The molecule has 1 aliphatic rings. The second kappa shape index (κ2) is 7.84. The molecule has 28 heavy (non-hydrogen) atoms. The Kier molecular flexibility index (Phi) is 5.10. The quantitative estimate of drug-likeness (QED) is 0.743. The third-order valence-corrected chi connectivity index (χ3v) is 5.24. The largest absolute Gasteiger partial charge is 0.372 e. The van der Waals surface area contributed by atoms with Crippen LogP contribution in [-0.2, 0) is 13.1 Å². The molecule has 144 valence electrons. The van der Waals surface area contributed by atoms with Crippen LogP contribution >= 0.6 is 0 Å². The fourth-order valence-electron chi connectivity index (χ4n) is 3.68. The van der Waals surface area contributed by atoms with Gasteiger partial charge in [0.25, 0.3) is 11.5 Å². The summed E-state index contributed by atoms with van der Waals surface area (Å²) in [5, 5.41) is 8.32. The molecule has 1 aliphatic heterocycles. The maximum absolute atomic E-state index is 12.8. The summed E-state index contributed by atoms with van der Waals surface area (Å²) in [5.74, 6) is -0.276. The van der Waals surface area contributed by atoms with Crippen LogP contribution in [0, 0.1) is 0 Å². The van der Waals surface area contributed by atoms with Crippen molar-refractivity contribution in [1.82, 2.24) is 15.1 Å². The number of amides is 1. The van der Waals surface area contributed by atoms with E-state index in [9.17, 15) is 9.59 Å². The van der Waals surface area contributed by atoms with Gasteiger partial charge in [-0.3, -0.25) is 9.59 Å². The fourth-order valence-corrected chi connectivity index (χ4v) is 3.68. The van der Waals surface area contributed by atoms with E-state index in [1.54, 1.807) is 18.2 Å². The number of aryl methyl sites for hydroxylation is 1. The monoisotopic (exact) mass is 376 g/mol. The molecule has 2 heterocycles. The molecule has 0 bridgehead atoms. The van der Waals surface area contributed by atoms with E-state index >= 15 is 0 Å². The van der Waals surface area contributed by atoms with Crippen molar-refractivity contribution in [3.8, 4) is 0 Å². The lowest BCUT2D eigenvalue weighted by molar-refractivity contribution is 0.0945. The Morgan fingerprint density at radius 3 is 2.39 bits per heavy atom. The van der Waals surface area contributed by atoms with Crippen molar-refractivity contribution < 1.29 is 4.79 Å². The second-order valence-corrected chi connectivity index (χ2v) is 7.06. The molecule has 1 N–H and O–H groups in total. The summed E-state index contributed by atoms with van der Waals surface area (Å²) in [5.41, 5.74) is 2.37. The van der Waals surface area contributed by atoms with Gasteiger partial charge in [-0.25, -0.2) is 4.68 Å². The summed E-state index contributed by atoms with van der Waals surface area (Å²) in [6.07, 6.45) is 2.50. The molecular weight excluding hydrogens is 352 g/mol. The van der Waals surface area contributed by atoms with E-state index in [2.05, 4.69) is 27.4 Å². The van der Waals surface area contributed by atoms with Crippen molar-refractivity contribution in [3.05, 3.63) is 70.1 Å². The van der Waals surface area contributed by atoms with Crippen molar-refractivity contribution in [2.45, 2.75) is 32.9 Å². The minimum Gasteiger partial charge on any atom is -0.372 e. The molecule has 1 amide bonds. The Morgan fingerprint density at radius 1 is 1.04 bits per heavy atom. The highest BCUT2D eigenvalue weighted by Crippen LogP contribution is 2.20. The molecule has 6 nitrogen and oxygen atoms in total. The highest BCUT2D eigenvalue weighted by atomic mass is 16.2. The number of hydrogen-bond donors (Lipinski definition) is 1. The van der Waals surface area contributed by atoms with Crippen molar-refractivity contribution in [3.63, 3.8) is 0 Å². The number of carbonyl (C=O) groups is 1. The van der Waals surface area contributed by atoms with Gasteiger partial charge in [-0.1, -0.05) is 30.3 Å². The molecule has 0 radical (unpaired) electrons. The number of hydrogen-bond acceptors (Lipinski definition) is 4. The number of aromatic nitrogens is 2. The zero-order chi connectivity index (χ0) is 19.5. The summed E-state index contributed by atoms with van der Waals surface area (Å²) in [7, 11) is 0. The third-order valence-electron chi connectivity index (χ3n) is 5.24. The molecule has 6 heteroatoms. The third kappa shape index (κ3) is 3.50. The lowest BCUT2D eigenvalue weighted by atomic mass is 10.1. The minimum atomic E-state index is -0.276. The average molecular weight is 376 g/mol. The van der Waals surface area contributed by atoms with E-state index in [-0.39, 0.29) is 17.2 Å². The average Bonchev–Trinajstić information content (AvgIpc) is 3.28. The van der Waals surface area contributed by atoms with Crippen molar-refractivity contribution in [2.75, 3.05) is 18.0 Å².